The average Bonchev–Trinajstić information content (AvgIpc) is 2.42. The molecule has 0 radical (unpaired) electrons. The monoisotopic (exact) mass is 347 g/mol. The Balaban J connectivity index is 2.11. The maximum absolute atomic E-state index is 12.1. The fourth-order valence-corrected chi connectivity index (χ4v) is 2.20. The minimum absolute atomic E-state index is 0.149. The Morgan fingerprint density at radius 1 is 1.14 bits per heavy atom. The lowest BCUT2D eigenvalue weighted by Gasteiger charge is -2.09. The Hall–Kier alpha value is -2.21. The highest BCUT2D eigenvalue weighted by molar-refractivity contribution is 9.10. The molecule has 6 heteroatoms. The Morgan fingerprint density at radius 2 is 1.81 bits per heavy atom. The highest BCUT2D eigenvalue weighted by Crippen LogP contribution is 2.18. The largest absolute Gasteiger partial charge is 0.326 e. The fraction of sp³-hybridized carbons (Fsp3) is 0.133. The number of amides is 2. The van der Waals surface area contributed by atoms with E-state index in [1.165, 1.54) is 6.92 Å². The van der Waals surface area contributed by atoms with Crippen molar-refractivity contribution in [2.45, 2.75) is 13.8 Å². The maximum atomic E-state index is 12.1. The summed E-state index contributed by atoms with van der Waals surface area (Å²) >= 11 is 3.28. The van der Waals surface area contributed by atoms with Gasteiger partial charge in [0.05, 0.1) is 11.9 Å². The number of hydrogen-bond acceptors (Lipinski definition) is 3. The van der Waals surface area contributed by atoms with E-state index >= 15 is 0 Å². The first-order valence-corrected chi connectivity index (χ1v) is 7.06. The van der Waals surface area contributed by atoms with Crippen LogP contribution in [-0.2, 0) is 4.79 Å². The van der Waals surface area contributed by atoms with E-state index in [4.69, 9.17) is 0 Å². The molecule has 0 fully saturated rings. The number of rotatable bonds is 3. The molecular formula is C15H14BrN3O2. The van der Waals surface area contributed by atoms with Crippen LogP contribution in [-0.4, -0.2) is 16.8 Å². The van der Waals surface area contributed by atoms with E-state index in [0.717, 1.165) is 10.2 Å². The minimum Gasteiger partial charge on any atom is -0.326 e. The van der Waals surface area contributed by atoms with Gasteiger partial charge in [-0.2, -0.15) is 0 Å². The van der Waals surface area contributed by atoms with Crippen LogP contribution in [0.2, 0.25) is 0 Å². The van der Waals surface area contributed by atoms with Gasteiger partial charge in [0.15, 0.2) is 0 Å². The van der Waals surface area contributed by atoms with Crippen LogP contribution >= 0.6 is 15.9 Å². The van der Waals surface area contributed by atoms with Gasteiger partial charge >= 0.3 is 0 Å². The van der Waals surface area contributed by atoms with E-state index in [0.29, 0.717) is 16.9 Å². The highest BCUT2D eigenvalue weighted by atomic mass is 79.9. The second-order valence-corrected chi connectivity index (χ2v) is 5.35. The summed E-state index contributed by atoms with van der Waals surface area (Å²) in [6, 6.07) is 8.51. The fourth-order valence-electron chi connectivity index (χ4n) is 1.76. The number of aromatic nitrogens is 1. The van der Waals surface area contributed by atoms with Gasteiger partial charge in [-0.1, -0.05) is 0 Å². The lowest BCUT2D eigenvalue weighted by Crippen LogP contribution is -2.13. The molecule has 0 saturated carbocycles. The maximum Gasteiger partial charge on any atom is 0.255 e. The second kappa shape index (κ2) is 6.49. The van der Waals surface area contributed by atoms with E-state index in [-0.39, 0.29) is 11.8 Å². The third kappa shape index (κ3) is 4.13. The summed E-state index contributed by atoms with van der Waals surface area (Å²) in [7, 11) is 0. The molecule has 1 aromatic heterocycles. The zero-order chi connectivity index (χ0) is 15.4. The van der Waals surface area contributed by atoms with Crippen molar-refractivity contribution in [3.63, 3.8) is 0 Å². The topological polar surface area (TPSA) is 71.1 Å². The minimum atomic E-state index is -0.225. The van der Waals surface area contributed by atoms with Gasteiger partial charge in [0.25, 0.3) is 5.91 Å². The number of aryl methyl sites for hydroxylation is 1. The number of benzene rings is 1. The Morgan fingerprint density at radius 3 is 2.38 bits per heavy atom. The zero-order valence-corrected chi connectivity index (χ0v) is 13.2. The number of pyridine rings is 1. The summed E-state index contributed by atoms with van der Waals surface area (Å²) in [6.07, 6.45) is 1.60. The molecule has 108 valence electrons. The van der Waals surface area contributed by atoms with E-state index in [1.807, 2.05) is 13.0 Å². The Labute approximate surface area is 130 Å². The zero-order valence-electron chi connectivity index (χ0n) is 11.6. The molecule has 2 aromatic rings. The summed E-state index contributed by atoms with van der Waals surface area (Å²) in [5, 5.41) is 5.45. The normalized spacial score (nSPS) is 10.0. The van der Waals surface area contributed by atoms with E-state index in [2.05, 4.69) is 31.5 Å². The van der Waals surface area contributed by atoms with Crippen molar-refractivity contribution in [1.29, 1.82) is 0 Å². The van der Waals surface area contributed by atoms with Crippen LogP contribution in [0.25, 0.3) is 0 Å². The van der Waals surface area contributed by atoms with E-state index < -0.39 is 0 Å². The molecule has 0 unspecified atom stereocenters. The van der Waals surface area contributed by atoms with Gasteiger partial charge in [0.1, 0.15) is 4.60 Å². The molecule has 0 saturated heterocycles. The van der Waals surface area contributed by atoms with Crippen LogP contribution in [0.4, 0.5) is 11.4 Å². The lowest BCUT2D eigenvalue weighted by atomic mass is 10.1. The molecule has 2 N–H and O–H groups in total. The smallest absolute Gasteiger partial charge is 0.255 e. The molecule has 1 heterocycles. The molecule has 21 heavy (non-hydrogen) atoms. The summed E-state index contributed by atoms with van der Waals surface area (Å²) in [4.78, 5) is 27.2. The average molecular weight is 348 g/mol. The number of carbonyl (C=O) groups excluding carboxylic acids is 2. The number of carbonyl (C=O) groups is 2. The molecular weight excluding hydrogens is 334 g/mol. The number of halogens is 1. The predicted molar refractivity (Wildman–Crippen MR) is 85.4 cm³/mol. The van der Waals surface area contributed by atoms with Crippen molar-refractivity contribution in [3.05, 3.63) is 52.3 Å². The van der Waals surface area contributed by atoms with Gasteiger partial charge in [-0.05, 0) is 58.7 Å². The third-order valence-electron chi connectivity index (χ3n) is 2.79. The summed E-state index contributed by atoms with van der Waals surface area (Å²) in [5.41, 5.74) is 2.74. The number of nitrogens with one attached hydrogen (secondary N) is 2. The van der Waals surface area contributed by atoms with Crippen LogP contribution in [0, 0.1) is 6.92 Å². The number of anilines is 2. The Bertz CT molecular complexity index is 684. The Kier molecular flexibility index (Phi) is 4.70. The van der Waals surface area contributed by atoms with Crippen molar-refractivity contribution >= 4 is 39.1 Å². The van der Waals surface area contributed by atoms with Gasteiger partial charge in [0.2, 0.25) is 5.91 Å². The summed E-state index contributed by atoms with van der Waals surface area (Å²) < 4.78 is 0.720. The molecule has 1 aromatic carbocycles. The quantitative estimate of drug-likeness (QED) is 0.836. The van der Waals surface area contributed by atoms with Crippen molar-refractivity contribution in [3.8, 4) is 0 Å². The van der Waals surface area contributed by atoms with Crippen LogP contribution < -0.4 is 10.6 Å². The second-order valence-electron chi connectivity index (χ2n) is 4.53. The van der Waals surface area contributed by atoms with Crippen LogP contribution in [0.5, 0.6) is 0 Å². The first-order valence-electron chi connectivity index (χ1n) is 6.27. The van der Waals surface area contributed by atoms with Crippen LogP contribution in [0.15, 0.2) is 41.1 Å². The molecule has 0 aliphatic rings. The summed E-state index contributed by atoms with van der Waals surface area (Å²) in [5.74, 6) is -0.375. The number of nitrogens with zero attached hydrogens (tertiary/aromatic N) is 1. The molecule has 5 nitrogen and oxygen atoms in total. The first-order chi connectivity index (χ1) is 9.95. The molecule has 0 aliphatic carbocycles. The lowest BCUT2D eigenvalue weighted by molar-refractivity contribution is -0.114. The van der Waals surface area contributed by atoms with E-state index in [9.17, 15) is 9.59 Å². The van der Waals surface area contributed by atoms with Gasteiger partial charge in [-0.3, -0.25) is 9.59 Å². The van der Waals surface area contributed by atoms with Gasteiger partial charge in [-0.25, -0.2) is 4.98 Å². The van der Waals surface area contributed by atoms with Gasteiger partial charge in [-0.15, -0.1) is 0 Å². The van der Waals surface area contributed by atoms with Crippen molar-refractivity contribution in [1.82, 2.24) is 4.98 Å². The van der Waals surface area contributed by atoms with Crippen molar-refractivity contribution < 1.29 is 9.59 Å². The molecule has 2 rings (SSSR count). The van der Waals surface area contributed by atoms with Gasteiger partial charge < -0.3 is 10.6 Å². The van der Waals surface area contributed by atoms with Crippen molar-refractivity contribution in [2.24, 2.45) is 0 Å². The molecule has 2 amide bonds. The SMILES string of the molecule is CC(=O)Nc1ccc(C(=O)Nc2cnc(Br)cc2C)cc1. The first kappa shape index (κ1) is 15.2. The summed E-state index contributed by atoms with van der Waals surface area (Å²) in [6.45, 7) is 3.33. The predicted octanol–water partition coefficient (Wildman–Crippen LogP) is 3.36. The molecule has 0 spiro atoms. The van der Waals surface area contributed by atoms with Crippen LogP contribution in [0.1, 0.15) is 22.8 Å². The van der Waals surface area contributed by atoms with E-state index in [1.54, 1.807) is 30.5 Å². The van der Waals surface area contributed by atoms with Crippen LogP contribution in [0.3, 0.4) is 0 Å². The molecule has 0 atom stereocenters. The number of hydrogen-bond donors (Lipinski definition) is 2. The standard InChI is InChI=1S/C15H14BrN3O2/c1-9-7-14(16)17-8-13(9)19-15(21)11-3-5-12(6-4-11)18-10(2)20/h3-8H,1-2H3,(H,18,20)(H,19,21). The van der Waals surface area contributed by atoms with Gasteiger partial charge in [0, 0.05) is 18.2 Å². The highest BCUT2D eigenvalue weighted by Gasteiger charge is 2.08. The molecule has 0 bridgehead atoms. The molecule has 0 aliphatic heterocycles. The van der Waals surface area contributed by atoms with Crippen molar-refractivity contribution in [2.75, 3.05) is 10.6 Å². The third-order valence-corrected chi connectivity index (χ3v) is 3.23.